The van der Waals surface area contributed by atoms with Gasteiger partial charge in [0.15, 0.2) is 28.9 Å². The lowest BCUT2D eigenvalue weighted by Gasteiger charge is -2.19. The average Bonchev–Trinajstić information content (AvgIpc) is 3.99. The Morgan fingerprint density at radius 3 is 1.43 bits per heavy atom. The Kier molecular flexibility index (Phi) is 8.33. The Bertz CT molecular complexity index is 3380. The molecule has 0 saturated carbocycles. The molecule has 0 aliphatic heterocycles. The molecule has 0 bridgehead atoms. The van der Waals surface area contributed by atoms with Crippen molar-refractivity contribution < 1.29 is 9.13 Å². The molecular formula is C58H41N7+2. The lowest BCUT2D eigenvalue weighted by molar-refractivity contribution is -0.821. The van der Waals surface area contributed by atoms with Gasteiger partial charge in [0.25, 0.3) is 0 Å². The van der Waals surface area contributed by atoms with E-state index in [9.17, 15) is 0 Å². The molecule has 0 radical (unpaired) electrons. The zero-order chi connectivity index (χ0) is 43.2. The number of rotatable bonds is 6. The van der Waals surface area contributed by atoms with Gasteiger partial charge in [-0.1, -0.05) is 132 Å². The lowest BCUT2D eigenvalue weighted by Crippen LogP contribution is -2.57. The highest BCUT2D eigenvalue weighted by Crippen LogP contribution is 2.45. The van der Waals surface area contributed by atoms with Gasteiger partial charge in [0.05, 0.1) is 28.3 Å². The molecule has 0 amide bonds. The number of benzene rings is 6. The predicted octanol–water partition coefficient (Wildman–Crippen LogP) is 11.8. The number of aromatic nitrogens is 7. The zero-order valence-corrected chi connectivity index (χ0v) is 35.8. The monoisotopic (exact) mass is 835 g/mol. The number of aryl methyl sites for hydroxylation is 2. The minimum Gasteiger partial charge on any atom is -0.256 e. The van der Waals surface area contributed by atoms with E-state index in [1.165, 1.54) is 33.0 Å². The van der Waals surface area contributed by atoms with Crippen LogP contribution in [-0.2, 0) is 0 Å². The number of hydrogen-bond donors (Lipinski definition) is 0. The van der Waals surface area contributed by atoms with Crippen LogP contribution >= 0.6 is 0 Å². The quantitative estimate of drug-likeness (QED) is 0.157. The van der Waals surface area contributed by atoms with Gasteiger partial charge in [-0.05, 0) is 68.4 Å². The van der Waals surface area contributed by atoms with Crippen molar-refractivity contribution in [1.29, 1.82) is 0 Å². The van der Waals surface area contributed by atoms with E-state index in [2.05, 4.69) is 192 Å². The summed E-state index contributed by atoms with van der Waals surface area (Å²) in [5.41, 5.74) is 18.2. The molecule has 2 aliphatic carbocycles. The first kappa shape index (κ1) is 37.2. The van der Waals surface area contributed by atoms with Crippen molar-refractivity contribution in [3.05, 3.63) is 234 Å². The van der Waals surface area contributed by atoms with E-state index in [4.69, 9.17) is 19.9 Å². The molecule has 0 fully saturated rings. The van der Waals surface area contributed by atoms with Crippen molar-refractivity contribution in [3.63, 3.8) is 0 Å². The summed E-state index contributed by atoms with van der Waals surface area (Å²) in [6.45, 7) is 4.36. The largest absolute Gasteiger partial charge is 0.540 e. The highest BCUT2D eigenvalue weighted by atomic mass is 15.3. The molecule has 306 valence electrons. The van der Waals surface area contributed by atoms with Gasteiger partial charge in [0, 0.05) is 67.7 Å². The van der Waals surface area contributed by atoms with Crippen LogP contribution in [0.4, 0.5) is 0 Å². The third-order valence-electron chi connectivity index (χ3n) is 13.3. The fourth-order valence-electron chi connectivity index (χ4n) is 10.4. The smallest absolute Gasteiger partial charge is 0.256 e. The van der Waals surface area contributed by atoms with E-state index in [1.54, 1.807) is 0 Å². The molecule has 7 nitrogen and oxygen atoms in total. The molecule has 11 aromatic rings. The maximum absolute atomic E-state index is 5.45. The van der Waals surface area contributed by atoms with Crippen molar-refractivity contribution in [1.82, 2.24) is 24.5 Å². The summed E-state index contributed by atoms with van der Waals surface area (Å²) >= 11 is 0. The highest BCUT2D eigenvalue weighted by Gasteiger charge is 2.47. The second kappa shape index (κ2) is 14.6. The number of nitrogens with zero attached hydrogens (tertiary/aromatic N) is 7. The molecule has 0 spiro atoms. The summed E-state index contributed by atoms with van der Waals surface area (Å²) in [6.07, 6.45) is 8.47. The van der Waals surface area contributed by atoms with Gasteiger partial charge in [-0.25, -0.2) is 9.97 Å². The topological polar surface area (TPSA) is 64.2 Å². The highest BCUT2D eigenvalue weighted by molar-refractivity contribution is 6.09. The van der Waals surface area contributed by atoms with Gasteiger partial charge in [-0.2, -0.15) is 0 Å². The Hall–Kier alpha value is -8.42. The molecule has 0 saturated heterocycles. The molecule has 13 rings (SSSR count). The molecule has 65 heavy (non-hydrogen) atoms. The summed E-state index contributed by atoms with van der Waals surface area (Å²) in [4.78, 5) is 20.8. The van der Waals surface area contributed by atoms with Gasteiger partial charge in [0.2, 0.25) is 0 Å². The Morgan fingerprint density at radius 1 is 0.431 bits per heavy atom. The van der Waals surface area contributed by atoms with Gasteiger partial charge in [-0.15, -0.1) is 13.7 Å². The van der Waals surface area contributed by atoms with Crippen LogP contribution in [0.1, 0.15) is 45.5 Å². The molecule has 6 aromatic carbocycles. The summed E-state index contributed by atoms with van der Waals surface area (Å²) in [5, 5.41) is 2.42. The fraction of sp³-hybridized carbons (Fsp3) is 0.0690. The maximum atomic E-state index is 5.45. The standard InChI is InChI=1S/C58H41N7/c1-36-25-27-51-47(31-36)48-32-37(2)26-28-52(48)65(51)58-63(55-43-21-11-9-19-41(43)53-45(55)23-13-29-59-53)34-40(35-64(58)56-44-22-12-10-20-42(44)54-46(56)24-14-30-60-54)50-33-49(38-15-5-3-6-16-38)61-57(62-50)39-17-7-4-8-18-39/h3-35,55-56H,1-2H3/q+2. The predicted molar refractivity (Wildman–Crippen MR) is 256 cm³/mol. The van der Waals surface area contributed by atoms with Crippen LogP contribution in [0, 0.1) is 13.8 Å². The maximum Gasteiger partial charge on any atom is 0.540 e. The summed E-state index contributed by atoms with van der Waals surface area (Å²) in [5.74, 6) is 1.66. The fourth-order valence-corrected chi connectivity index (χ4v) is 10.4. The van der Waals surface area contributed by atoms with E-state index >= 15 is 0 Å². The van der Waals surface area contributed by atoms with Gasteiger partial charge in [-0.3, -0.25) is 9.97 Å². The van der Waals surface area contributed by atoms with Gasteiger partial charge >= 0.3 is 5.95 Å². The van der Waals surface area contributed by atoms with E-state index < -0.39 is 0 Å². The van der Waals surface area contributed by atoms with Crippen LogP contribution in [0.5, 0.6) is 0 Å². The lowest BCUT2D eigenvalue weighted by atomic mass is 10.0. The van der Waals surface area contributed by atoms with Crippen LogP contribution < -0.4 is 9.13 Å². The normalized spacial score (nSPS) is 14.6. The zero-order valence-electron chi connectivity index (χ0n) is 35.8. The molecule has 5 aromatic heterocycles. The first-order valence-electron chi connectivity index (χ1n) is 22.2. The van der Waals surface area contributed by atoms with Crippen molar-refractivity contribution in [2.24, 2.45) is 0 Å². The summed E-state index contributed by atoms with van der Waals surface area (Å²) < 4.78 is 7.50. The third-order valence-corrected chi connectivity index (χ3v) is 13.3. The van der Waals surface area contributed by atoms with Gasteiger partial charge in [0.1, 0.15) is 12.4 Å². The molecule has 2 atom stereocenters. The van der Waals surface area contributed by atoms with Crippen molar-refractivity contribution in [3.8, 4) is 62.4 Å². The van der Waals surface area contributed by atoms with Gasteiger partial charge < -0.3 is 0 Å². The Balaban J connectivity index is 1.22. The molecular weight excluding hydrogens is 795 g/mol. The number of fused-ring (bicyclic) bond motifs is 9. The Labute approximate surface area is 376 Å². The van der Waals surface area contributed by atoms with E-state index in [1.807, 2.05) is 36.7 Å². The van der Waals surface area contributed by atoms with Crippen molar-refractivity contribution in [2.75, 3.05) is 0 Å². The average molecular weight is 836 g/mol. The van der Waals surface area contributed by atoms with Crippen LogP contribution in [-0.4, -0.2) is 24.5 Å². The van der Waals surface area contributed by atoms with Crippen LogP contribution in [0.25, 0.3) is 84.2 Å². The molecule has 5 heterocycles. The Morgan fingerprint density at radius 2 is 0.892 bits per heavy atom. The second-order valence-electron chi connectivity index (χ2n) is 17.3. The van der Waals surface area contributed by atoms with E-state index in [-0.39, 0.29) is 12.1 Å². The molecule has 0 N–H and O–H groups in total. The SMILES string of the molecule is Cc1ccc2c(c1)c1cc(C)ccc1n2-c1[n+](C2c3ccccc3-c3ncccc32)cc(-c2cc(-c3ccccc3)nc(-c3ccccc3)n2)c[n+]1C1c2ccccc2-c2ncccc21. The van der Waals surface area contributed by atoms with Crippen LogP contribution in [0.15, 0.2) is 201 Å². The van der Waals surface area contributed by atoms with E-state index in [0.29, 0.717) is 5.82 Å². The number of pyridine rings is 2. The van der Waals surface area contributed by atoms with Crippen molar-refractivity contribution >= 4 is 21.8 Å². The van der Waals surface area contributed by atoms with E-state index in [0.717, 1.165) is 78.7 Å². The molecule has 2 unspecified atom stereocenters. The molecule has 7 heteroatoms. The number of hydrogen-bond acceptors (Lipinski definition) is 4. The van der Waals surface area contributed by atoms with Crippen LogP contribution in [0.2, 0.25) is 0 Å². The first-order chi connectivity index (χ1) is 32.1. The summed E-state index contributed by atoms with van der Waals surface area (Å²) in [7, 11) is 0. The minimum absolute atomic E-state index is 0.242. The summed E-state index contributed by atoms with van der Waals surface area (Å²) in [6, 6.07) is 62.2. The van der Waals surface area contributed by atoms with Crippen LogP contribution in [0.3, 0.4) is 0 Å². The van der Waals surface area contributed by atoms with Crippen molar-refractivity contribution in [2.45, 2.75) is 25.9 Å². The third kappa shape index (κ3) is 5.82. The minimum atomic E-state index is -0.242. The first-order valence-corrected chi connectivity index (χ1v) is 22.2. The molecule has 2 aliphatic rings. The second-order valence-corrected chi connectivity index (χ2v) is 17.3.